The van der Waals surface area contributed by atoms with E-state index < -0.39 is 12.0 Å². The molecule has 0 saturated heterocycles. The quantitative estimate of drug-likeness (QED) is 0.346. The molecule has 0 fully saturated rings. The van der Waals surface area contributed by atoms with Gasteiger partial charge in [-0.05, 0) is 55.9 Å². The minimum atomic E-state index is -0.651. The van der Waals surface area contributed by atoms with Gasteiger partial charge in [-0.2, -0.15) is 0 Å². The summed E-state index contributed by atoms with van der Waals surface area (Å²) in [5.41, 5.74) is 2.01. The summed E-state index contributed by atoms with van der Waals surface area (Å²) in [5.74, 6) is -0.454. The van der Waals surface area contributed by atoms with E-state index in [0.717, 1.165) is 0 Å². The van der Waals surface area contributed by atoms with Crippen molar-refractivity contribution in [1.29, 1.82) is 0 Å². The normalized spacial score (nSPS) is 15.2. The molecule has 3 N–H and O–H groups in total. The number of ether oxygens (including phenoxy) is 3. The Morgan fingerprint density at radius 1 is 1.18 bits per heavy atom. The van der Waals surface area contributed by atoms with E-state index >= 15 is 0 Å². The average molecular weight is 524 g/mol. The monoisotopic (exact) mass is 523 g/mol. The first kappa shape index (κ1) is 25.6. The summed E-state index contributed by atoms with van der Waals surface area (Å²) >= 11 is 18.0. The lowest BCUT2D eigenvalue weighted by atomic mass is 9.94. The number of methoxy groups -OCH3 is 1. The lowest BCUT2D eigenvalue weighted by molar-refractivity contribution is -0.145. The van der Waals surface area contributed by atoms with Crippen molar-refractivity contribution in [2.24, 2.45) is 0 Å². The zero-order valence-corrected chi connectivity index (χ0v) is 21.0. The highest BCUT2D eigenvalue weighted by atomic mass is 35.5. The highest BCUT2D eigenvalue weighted by Gasteiger charge is 2.31. The molecule has 1 unspecified atom stereocenters. The van der Waals surface area contributed by atoms with Crippen LogP contribution in [-0.4, -0.2) is 37.3 Å². The Labute approximate surface area is 212 Å². The van der Waals surface area contributed by atoms with E-state index in [0.29, 0.717) is 32.7 Å². The smallest absolute Gasteiger partial charge is 0.344 e. The number of hydrogen-bond donors (Lipinski definition) is 3. The molecule has 0 bridgehead atoms. The number of esters is 1. The van der Waals surface area contributed by atoms with Gasteiger partial charge in [0.15, 0.2) is 23.2 Å². The van der Waals surface area contributed by atoms with E-state index in [-0.39, 0.29) is 35.6 Å². The van der Waals surface area contributed by atoms with Crippen LogP contribution < -0.4 is 25.4 Å². The van der Waals surface area contributed by atoms with Gasteiger partial charge in [0.2, 0.25) is 0 Å². The maximum absolute atomic E-state index is 13.3. The Morgan fingerprint density at radius 3 is 2.59 bits per heavy atom. The van der Waals surface area contributed by atoms with Crippen LogP contribution in [0.3, 0.4) is 0 Å². The lowest BCUT2D eigenvalue weighted by Gasteiger charge is -2.31. The van der Waals surface area contributed by atoms with Crippen molar-refractivity contribution in [1.82, 2.24) is 10.6 Å². The first-order chi connectivity index (χ1) is 16.2. The first-order valence-corrected chi connectivity index (χ1v) is 11.4. The van der Waals surface area contributed by atoms with E-state index in [1.165, 1.54) is 7.11 Å². The molecule has 0 aromatic heterocycles. The molecule has 180 valence electrons. The zero-order valence-electron chi connectivity index (χ0n) is 18.7. The van der Waals surface area contributed by atoms with Gasteiger partial charge in [0.25, 0.3) is 5.91 Å². The number of carbonyl (C=O) groups excluding carboxylic acids is 2. The van der Waals surface area contributed by atoms with Crippen LogP contribution in [0.5, 0.6) is 11.5 Å². The number of nitrogens with one attached hydrogen (secondary N) is 3. The minimum Gasteiger partial charge on any atom is -0.493 e. The fraction of sp³-hybridized carbons (Fsp3) is 0.261. The largest absolute Gasteiger partial charge is 0.493 e. The second-order valence-corrected chi connectivity index (χ2v) is 8.35. The van der Waals surface area contributed by atoms with E-state index in [9.17, 15) is 9.59 Å². The van der Waals surface area contributed by atoms with Gasteiger partial charge < -0.3 is 30.2 Å². The summed E-state index contributed by atoms with van der Waals surface area (Å²) in [4.78, 5) is 25.0. The van der Waals surface area contributed by atoms with Crippen molar-refractivity contribution < 1.29 is 23.8 Å². The maximum Gasteiger partial charge on any atom is 0.344 e. The molecule has 1 aliphatic rings. The second kappa shape index (κ2) is 11.4. The van der Waals surface area contributed by atoms with Crippen LogP contribution in [0.25, 0.3) is 0 Å². The molecule has 8 nitrogen and oxygen atoms in total. The SMILES string of the molecule is CCOC(=O)COc1c(Cl)cc(C2NC(=S)NC(C)=C2C(=O)Nc2ccccc2Cl)cc1OC. The van der Waals surface area contributed by atoms with Crippen molar-refractivity contribution in [2.45, 2.75) is 19.9 Å². The minimum absolute atomic E-state index is 0.181. The number of rotatable bonds is 8. The van der Waals surface area contributed by atoms with Gasteiger partial charge in [0, 0.05) is 5.70 Å². The fourth-order valence-corrected chi connectivity index (χ4v) is 4.10. The van der Waals surface area contributed by atoms with Crippen LogP contribution in [0.2, 0.25) is 10.0 Å². The van der Waals surface area contributed by atoms with Gasteiger partial charge in [-0.3, -0.25) is 4.79 Å². The van der Waals surface area contributed by atoms with Crippen LogP contribution in [-0.2, 0) is 14.3 Å². The summed E-state index contributed by atoms with van der Waals surface area (Å²) in [6.07, 6.45) is 0. The van der Waals surface area contributed by atoms with Gasteiger partial charge >= 0.3 is 5.97 Å². The summed E-state index contributed by atoms with van der Waals surface area (Å²) < 4.78 is 15.8. The van der Waals surface area contributed by atoms with Crippen molar-refractivity contribution in [3.05, 3.63) is 63.3 Å². The Hall–Kier alpha value is -3.01. The molecule has 0 aliphatic carbocycles. The van der Waals surface area contributed by atoms with Gasteiger partial charge in [-0.1, -0.05) is 35.3 Å². The molecule has 0 radical (unpaired) electrons. The number of carbonyl (C=O) groups is 2. The number of thiocarbonyl (C=S) groups is 1. The number of amides is 1. The van der Waals surface area contributed by atoms with E-state index in [2.05, 4.69) is 16.0 Å². The van der Waals surface area contributed by atoms with Crippen LogP contribution in [0.1, 0.15) is 25.5 Å². The molecule has 1 atom stereocenters. The molecular weight excluding hydrogens is 501 g/mol. The van der Waals surface area contributed by atoms with Crippen molar-refractivity contribution in [2.75, 3.05) is 25.6 Å². The van der Waals surface area contributed by atoms with Crippen LogP contribution in [0, 0.1) is 0 Å². The van der Waals surface area contributed by atoms with Crippen LogP contribution in [0.4, 0.5) is 5.69 Å². The summed E-state index contributed by atoms with van der Waals surface area (Å²) in [6, 6.07) is 9.55. The highest BCUT2D eigenvalue weighted by Crippen LogP contribution is 2.40. The number of anilines is 1. The molecule has 34 heavy (non-hydrogen) atoms. The molecule has 1 heterocycles. The number of hydrogen-bond acceptors (Lipinski definition) is 6. The van der Waals surface area contributed by atoms with Crippen LogP contribution >= 0.6 is 35.4 Å². The number of para-hydroxylation sites is 1. The summed E-state index contributed by atoms with van der Waals surface area (Å²) in [6.45, 7) is 3.35. The Balaban J connectivity index is 1.95. The Kier molecular flexibility index (Phi) is 8.60. The van der Waals surface area contributed by atoms with Crippen LogP contribution in [0.15, 0.2) is 47.7 Å². The molecule has 1 amide bonds. The highest BCUT2D eigenvalue weighted by molar-refractivity contribution is 7.80. The third kappa shape index (κ3) is 5.91. The van der Waals surface area contributed by atoms with Crippen molar-refractivity contribution in [3.63, 3.8) is 0 Å². The number of halogens is 2. The number of allylic oxidation sites excluding steroid dienone is 1. The van der Waals surface area contributed by atoms with E-state index in [1.807, 2.05) is 0 Å². The molecule has 0 saturated carbocycles. The Morgan fingerprint density at radius 2 is 1.91 bits per heavy atom. The molecule has 11 heteroatoms. The Bertz CT molecular complexity index is 1160. The van der Waals surface area contributed by atoms with Gasteiger partial charge in [-0.25, -0.2) is 4.79 Å². The van der Waals surface area contributed by atoms with Gasteiger partial charge in [0.1, 0.15) is 0 Å². The second-order valence-electron chi connectivity index (χ2n) is 7.13. The van der Waals surface area contributed by atoms with E-state index in [1.54, 1.807) is 50.2 Å². The molecule has 3 rings (SSSR count). The van der Waals surface area contributed by atoms with Crippen molar-refractivity contribution >= 4 is 58.1 Å². The van der Waals surface area contributed by atoms with E-state index in [4.69, 9.17) is 49.6 Å². The maximum atomic E-state index is 13.3. The average Bonchev–Trinajstić information content (AvgIpc) is 2.78. The van der Waals surface area contributed by atoms with Gasteiger partial charge in [-0.15, -0.1) is 0 Å². The molecule has 0 spiro atoms. The summed E-state index contributed by atoms with van der Waals surface area (Å²) in [7, 11) is 1.44. The molecule has 1 aliphatic heterocycles. The zero-order chi connectivity index (χ0) is 24.8. The third-order valence-corrected chi connectivity index (χ3v) is 5.69. The predicted octanol–water partition coefficient (Wildman–Crippen LogP) is 4.38. The fourth-order valence-electron chi connectivity index (χ4n) is 3.38. The molecular formula is C23H23Cl2N3O5S. The first-order valence-electron chi connectivity index (χ1n) is 10.2. The molecule has 2 aromatic carbocycles. The molecule has 2 aromatic rings. The standard InChI is InChI=1S/C23H23Cl2N3O5S/c1-4-32-18(29)11-33-21-15(25)9-13(10-17(21)31-3)20-19(12(2)26-23(34)28-20)22(30)27-16-8-6-5-7-14(16)24/h5-10,20H,4,11H2,1-3H3,(H,27,30)(H2,26,28,34). The lowest BCUT2D eigenvalue weighted by Crippen LogP contribution is -2.45. The van der Waals surface area contributed by atoms with Gasteiger partial charge in [0.05, 0.1) is 41.1 Å². The van der Waals surface area contributed by atoms with Crippen molar-refractivity contribution in [3.8, 4) is 11.5 Å². The third-order valence-electron chi connectivity index (χ3n) is 4.86. The predicted molar refractivity (Wildman–Crippen MR) is 135 cm³/mol. The summed E-state index contributed by atoms with van der Waals surface area (Å²) in [5, 5.41) is 9.84. The topological polar surface area (TPSA) is 97.9 Å². The number of benzene rings is 2.